The fraction of sp³-hybridized carbons (Fsp3) is 0.647. The van der Waals surface area contributed by atoms with Crippen molar-refractivity contribution in [3.05, 3.63) is 34.9 Å². The highest BCUT2D eigenvalue weighted by atomic mass is 35.5. The minimum Gasteiger partial charge on any atom is -0.326 e. The molecule has 2 unspecified atom stereocenters. The summed E-state index contributed by atoms with van der Waals surface area (Å²) in [5, 5.41) is 0.783. The van der Waals surface area contributed by atoms with Crippen LogP contribution in [0.1, 0.15) is 58.6 Å². The van der Waals surface area contributed by atoms with Crippen LogP contribution >= 0.6 is 11.6 Å². The van der Waals surface area contributed by atoms with Crippen molar-refractivity contribution in [2.45, 2.75) is 65.1 Å². The van der Waals surface area contributed by atoms with Gasteiger partial charge in [-0.25, -0.2) is 0 Å². The number of hydrogen-bond acceptors (Lipinski definition) is 2. The third kappa shape index (κ3) is 5.08. The SMILES string of the molecule is CCCCCN(C(C)C)C(c1cccc(Cl)c1)C(C)N. The maximum Gasteiger partial charge on any atom is 0.0499 e. The molecule has 114 valence electrons. The van der Waals surface area contributed by atoms with Gasteiger partial charge in [0.25, 0.3) is 0 Å². The summed E-state index contributed by atoms with van der Waals surface area (Å²) in [6.07, 6.45) is 3.73. The van der Waals surface area contributed by atoms with Crippen molar-refractivity contribution in [3.8, 4) is 0 Å². The zero-order chi connectivity index (χ0) is 15.1. The molecule has 2 atom stereocenters. The second kappa shape index (κ2) is 8.66. The van der Waals surface area contributed by atoms with Crippen LogP contribution < -0.4 is 5.73 Å². The van der Waals surface area contributed by atoms with Gasteiger partial charge in [0.1, 0.15) is 0 Å². The molecule has 1 rings (SSSR count). The minimum atomic E-state index is 0.0810. The number of nitrogens with two attached hydrogens (primary N) is 1. The highest BCUT2D eigenvalue weighted by Crippen LogP contribution is 2.28. The van der Waals surface area contributed by atoms with E-state index in [1.165, 1.54) is 24.8 Å². The Balaban J connectivity index is 2.96. The van der Waals surface area contributed by atoms with Gasteiger partial charge in [-0.2, -0.15) is 0 Å². The standard InChI is InChI=1S/C17H29ClN2/c1-5-6-7-11-20(13(2)3)17(14(4)19)15-9-8-10-16(18)12-15/h8-10,12-14,17H,5-7,11,19H2,1-4H3. The third-order valence-corrected chi connectivity index (χ3v) is 3.96. The summed E-state index contributed by atoms with van der Waals surface area (Å²) in [5.41, 5.74) is 7.50. The Hall–Kier alpha value is -0.570. The van der Waals surface area contributed by atoms with Gasteiger partial charge >= 0.3 is 0 Å². The number of benzene rings is 1. The molecule has 0 saturated heterocycles. The highest BCUT2D eigenvalue weighted by Gasteiger charge is 2.25. The quantitative estimate of drug-likeness (QED) is 0.709. The fourth-order valence-corrected chi connectivity index (χ4v) is 2.95. The average Bonchev–Trinajstić information content (AvgIpc) is 2.37. The maximum atomic E-state index is 6.28. The monoisotopic (exact) mass is 296 g/mol. The van der Waals surface area contributed by atoms with E-state index in [2.05, 4.69) is 38.7 Å². The van der Waals surface area contributed by atoms with Crippen LogP contribution in [-0.4, -0.2) is 23.5 Å². The van der Waals surface area contributed by atoms with E-state index in [0.29, 0.717) is 6.04 Å². The van der Waals surface area contributed by atoms with Crippen molar-refractivity contribution >= 4 is 11.6 Å². The summed E-state index contributed by atoms with van der Waals surface area (Å²) in [7, 11) is 0. The molecule has 2 N–H and O–H groups in total. The van der Waals surface area contributed by atoms with Gasteiger partial charge < -0.3 is 5.73 Å². The first-order chi connectivity index (χ1) is 9.47. The van der Waals surface area contributed by atoms with Crippen LogP contribution in [0.4, 0.5) is 0 Å². The molecule has 20 heavy (non-hydrogen) atoms. The van der Waals surface area contributed by atoms with Gasteiger partial charge in [0.15, 0.2) is 0 Å². The Morgan fingerprint density at radius 3 is 2.40 bits per heavy atom. The lowest BCUT2D eigenvalue weighted by Crippen LogP contribution is -2.43. The highest BCUT2D eigenvalue weighted by molar-refractivity contribution is 6.30. The second-order valence-corrected chi connectivity index (χ2v) is 6.33. The van der Waals surface area contributed by atoms with Crippen molar-refractivity contribution in [2.75, 3.05) is 6.54 Å². The van der Waals surface area contributed by atoms with Crippen LogP contribution in [0.25, 0.3) is 0 Å². The zero-order valence-electron chi connectivity index (χ0n) is 13.3. The molecule has 3 heteroatoms. The molecule has 1 aromatic rings. The summed E-state index contributed by atoms with van der Waals surface area (Å²) in [6, 6.07) is 8.89. The largest absolute Gasteiger partial charge is 0.326 e. The lowest BCUT2D eigenvalue weighted by molar-refractivity contribution is 0.133. The lowest BCUT2D eigenvalue weighted by atomic mass is 9.97. The molecule has 0 aliphatic carbocycles. The van der Waals surface area contributed by atoms with E-state index in [4.69, 9.17) is 17.3 Å². The molecule has 0 bridgehead atoms. The van der Waals surface area contributed by atoms with Crippen molar-refractivity contribution in [1.29, 1.82) is 0 Å². The zero-order valence-corrected chi connectivity index (χ0v) is 14.0. The fourth-order valence-electron chi connectivity index (χ4n) is 2.75. The molecule has 1 aromatic carbocycles. The number of unbranched alkanes of at least 4 members (excludes halogenated alkanes) is 2. The van der Waals surface area contributed by atoms with Gasteiger partial charge in [-0.3, -0.25) is 4.90 Å². The lowest BCUT2D eigenvalue weighted by Gasteiger charge is -2.37. The van der Waals surface area contributed by atoms with Crippen LogP contribution in [-0.2, 0) is 0 Å². The number of nitrogens with zero attached hydrogens (tertiary/aromatic N) is 1. The van der Waals surface area contributed by atoms with Crippen molar-refractivity contribution in [3.63, 3.8) is 0 Å². The minimum absolute atomic E-state index is 0.0810. The van der Waals surface area contributed by atoms with Gasteiger partial charge in [0.2, 0.25) is 0 Å². The molecule has 2 nitrogen and oxygen atoms in total. The molecule has 0 saturated carbocycles. The molecule has 0 aliphatic heterocycles. The van der Waals surface area contributed by atoms with Crippen LogP contribution in [0.15, 0.2) is 24.3 Å². The third-order valence-electron chi connectivity index (χ3n) is 3.73. The van der Waals surface area contributed by atoms with Crippen molar-refractivity contribution < 1.29 is 0 Å². The molecule has 0 spiro atoms. The van der Waals surface area contributed by atoms with Gasteiger partial charge in [-0.05, 0) is 51.4 Å². The van der Waals surface area contributed by atoms with Crippen molar-refractivity contribution in [1.82, 2.24) is 4.90 Å². The van der Waals surface area contributed by atoms with E-state index in [1.807, 2.05) is 18.2 Å². The summed E-state index contributed by atoms with van der Waals surface area (Å²) in [4.78, 5) is 2.51. The Labute approximate surface area is 129 Å². The number of hydrogen-bond donors (Lipinski definition) is 1. The molecule has 0 amide bonds. The second-order valence-electron chi connectivity index (χ2n) is 5.90. The molecule has 0 aromatic heterocycles. The predicted molar refractivity (Wildman–Crippen MR) is 89.2 cm³/mol. The van der Waals surface area contributed by atoms with E-state index in [0.717, 1.165) is 11.6 Å². The summed E-state index contributed by atoms with van der Waals surface area (Å²) in [6.45, 7) is 9.89. The van der Waals surface area contributed by atoms with Crippen LogP contribution in [0.2, 0.25) is 5.02 Å². The molecule has 0 aliphatic rings. The topological polar surface area (TPSA) is 29.3 Å². The van der Waals surface area contributed by atoms with Gasteiger partial charge in [-0.15, -0.1) is 0 Å². The van der Waals surface area contributed by atoms with Crippen LogP contribution in [0, 0.1) is 0 Å². The predicted octanol–water partition coefficient (Wildman–Crippen LogP) is 4.63. The van der Waals surface area contributed by atoms with Gasteiger partial charge in [-0.1, -0.05) is 43.5 Å². The molecular formula is C17H29ClN2. The smallest absolute Gasteiger partial charge is 0.0499 e. The Kier molecular flexibility index (Phi) is 7.57. The Morgan fingerprint density at radius 2 is 1.90 bits per heavy atom. The van der Waals surface area contributed by atoms with E-state index in [-0.39, 0.29) is 12.1 Å². The van der Waals surface area contributed by atoms with Gasteiger partial charge in [0, 0.05) is 23.1 Å². The maximum absolute atomic E-state index is 6.28. The first kappa shape index (κ1) is 17.5. The Bertz CT molecular complexity index is 390. The Morgan fingerprint density at radius 1 is 1.20 bits per heavy atom. The van der Waals surface area contributed by atoms with E-state index >= 15 is 0 Å². The van der Waals surface area contributed by atoms with Gasteiger partial charge in [0.05, 0.1) is 0 Å². The summed E-state index contributed by atoms with van der Waals surface area (Å²) in [5.74, 6) is 0. The van der Waals surface area contributed by atoms with Crippen LogP contribution in [0.5, 0.6) is 0 Å². The summed E-state index contributed by atoms with van der Waals surface area (Å²) >= 11 is 6.15. The van der Waals surface area contributed by atoms with E-state index < -0.39 is 0 Å². The average molecular weight is 297 g/mol. The summed E-state index contributed by atoms with van der Waals surface area (Å²) < 4.78 is 0. The van der Waals surface area contributed by atoms with Crippen LogP contribution in [0.3, 0.4) is 0 Å². The molecule has 0 heterocycles. The first-order valence-corrected chi connectivity index (χ1v) is 8.12. The normalized spacial score (nSPS) is 14.8. The van der Waals surface area contributed by atoms with E-state index in [1.54, 1.807) is 0 Å². The first-order valence-electron chi connectivity index (χ1n) is 7.74. The molecule has 0 radical (unpaired) electrons. The number of rotatable bonds is 8. The molecular weight excluding hydrogens is 268 g/mol. The van der Waals surface area contributed by atoms with Crippen molar-refractivity contribution in [2.24, 2.45) is 5.73 Å². The van der Waals surface area contributed by atoms with E-state index in [9.17, 15) is 0 Å². The molecule has 0 fully saturated rings. The number of halogens is 1.